The van der Waals surface area contributed by atoms with Crippen LogP contribution in [0.1, 0.15) is 134 Å². The Morgan fingerprint density at radius 1 is 0.873 bits per heavy atom. The van der Waals surface area contributed by atoms with Gasteiger partial charge >= 0.3 is 5.97 Å². The Morgan fingerprint density at radius 3 is 2.42 bits per heavy atom. The van der Waals surface area contributed by atoms with E-state index in [9.17, 15) is 43.7 Å². The van der Waals surface area contributed by atoms with Crippen LogP contribution in [-0.4, -0.2) is 107 Å². The SMILES string of the molecule is CC(C)c1c(C(=O)Nc2ccccc2)c(-c2cccc(OCCCc3cn(CCCCCCCOCC#Cc4cccc5c4CN(C4CCC(=O)NC4=O)C5=O)nn3)c2)c(-c2ccc(F)cc2)n1CCC(O)CC(O)CC(=O)O. The Kier molecular flexibility index (Phi) is 20.0. The molecule has 18 heteroatoms. The van der Waals surface area contributed by atoms with Crippen LogP contribution in [0.4, 0.5) is 10.1 Å². The summed E-state index contributed by atoms with van der Waals surface area (Å²) >= 11 is 0. The molecule has 0 radical (unpaired) electrons. The van der Waals surface area contributed by atoms with E-state index in [1.165, 1.54) is 17.0 Å². The summed E-state index contributed by atoms with van der Waals surface area (Å²) in [5.41, 5.74) is 7.13. The lowest BCUT2D eigenvalue weighted by Gasteiger charge is -2.29. The normalized spacial score (nSPS) is 14.9. The van der Waals surface area contributed by atoms with Crippen LogP contribution in [0.3, 0.4) is 0 Å². The zero-order chi connectivity index (χ0) is 55.8. The van der Waals surface area contributed by atoms with Gasteiger partial charge in [-0.15, -0.1) is 5.10 Å². The number of halogens is 1. The number of aliphatic hydroxyl groups is 2. The van der Waals surface area contributed by atoms with E-state index in [1.807, 2.05) is 77.8 Å². The number of hydrogen-bond acceptors (Lipinski definition) is 11. The molecule has 0 saturated carbocycles. The Labute approximate surface area is 459 Å². The molecule has 414 valence electrons. The monoisotopic (exact) mass is 1080 g/mol. The minimum atomic E-state index is -1.24. The number of carboxylic acid groups (broad SMARTS) is 1. The van der Waals surface area contributed by atoms with Gasteiger partial charge in [-0.2, -0.15) is 0 Å². The van der Waals surface area contributed by atoms with Gasteiger partial charge in [-0.1, -0.05) is 86.6 Å². The number of unbranched alkanes of at least 4 members (excludes halogenated alkanes) is 4. The van der Waals surface area contributed by atoms with Crippen molar-refractivity contribution in [3.05, 3.63) is 143 Å². The third kappa shape index (κ3) is 15.2. The van der Waals surface area contributed by atoms with Crippen molar-refractivity contribution in [3.63, 3.8) is 0 Å². The summed E-state index contributed by atoms with van der Waals surface area (Å²) in [4.78, 5) is 64.6. The van der Waals surface area contributed by atoms with E-state index in [-0.39, 0.29) is 62.6 Å². The minimum Gasteiger partial charge on any atom is -0.494 e. The van der Waals surface area contributed by atoms with Crippen LogP contribution < -0.4 is 15.4 Å². The highest BCUT2D eigenvalue weighted by molar-refractivity contribution is 6.12. The summed E-state index contributed by atoms with van der Waals surface area (Å²) in [5.74, 6) is 3.63. The number of aliphatic carboxylic acids is 1. The van der Waals surface area contributed by atoms with Crippen LogP contribution in [0.25, 0.3) is 22.4 Å². The first kappa shape index (κ1) is 57.2. The first-order valence-corrected chi connectivity index (χ1v) is 27.2. The van der Waals surface area contributed by atoms with Crippen molar-refractivity contribution in [2.45, 2.75) is 135 Å². The summed E-state index contributed by atoms with van der Waals surface area (Å²) in [6, 6.07) is 27.4. The number of anilines is 1. The summed E-state index contributed by atoms with van der Waals surface area (Å²) in [7, 11) is 0. The van der Waals surface area contributed by atoms with Gasteiger partial charge in [0.05, 0.1) is 42.2 Å². The maximum absolute atomic E-state index is 14.7. The van der Waals surface area contributed by atoms with Crippen molar-refractivity contribution in [3.8, 4) is 40.0 Å². The van der Waals surface area contributed by atoms with Crippen LogP contribution in [0.5, 0.6) is 5.75 Å². The number of nitrogens with zero attached hydrogens (tertiary/aromatic N) is 5. The number of aryl methyl sites for hydroxylation is 2. The number of carbonyl (C=O) groups is 5. The van der Waals surface area contributed by atoms with E-state index in [2.05, 4.69) is 32.8 Å². The predicted molar refractivity (Wildman–Crippen MR) is 294 cm³/mol. The average Bonchev–Trinajstić information content (AvgIpc) is 4.16. The number of carboxylic acids is 1. The van der Waals surface area contributed by atoms with Crippen molar-refractivity contribution in [1.82, 2.24) is 29.8 Å². The summed E-state index contributed by atoms with van der Waals surface area (Å²) < 4.78 is 30.5. The highest BCUT2D eigenvalue weighted by atomic mass is 19.1. The van der Waals surface area contributed by atoms with Gasteiger partial charge < -0.3 is 39.6 Å². The quantitative estimate of drug-likeness (QED) is 0.0185. The third-order valence-corrected chi connectivity index (χ3v) is 14.1. The van der Waals surface area contributed by atoms with Gasteiger partial charge in [0.2, 0.25) is 11.8 Å². The van der Waals surface area contributed by atoms with Gasteiger partial charge in [0.15, 0.2) is 0 Å². The molecule has 0 spiro atoms. The third-order valence-electron chi connectivity index (χ3n) is 14.1. The number of benzene rings is 4. The molecule has 4 amide bonds. The van der Waals surface area contributed by atoms with Crippen LogP contribution in [0, 0.1) is 17.7 Å². The molecule has 2 aliphatic heterocycles. The molecule has 5 N–H and O–H groups in total. The summed E-state index contributed by atoms with van der Waals surface area (Å²) in [6.07, 6.45) is 5.98. The van der Waals surface area contributed by atoms with Crippen molar-refractivity contribution < 1.29 is 53.2 Å². The second-order valence-corrected chi connectivity index (χ2v) is 20.4. The lowest BCUT2D eigenvalue weighted by atomic mass is 9.94. The summed E-state index contributed by atoms with van der Waals surface area (Å²) in [6.45, 7) is 6.42. The first-order chi connectivity index (χ1) is 38.2. The van der Waals surface area contributed by atoms with E-state index < -0.39 is 42.4 Å². The number of ether oxygens (including phenoxy) is 2. The van der Waals surface area contributed by atoms with Crippen LogP contribution in [-0.2, 0) is 45.2 Å². The Bertz CT molecular complexity index is 3160. The number of nitrogens with one attached hydrogen (secondary N) is 2. The van der Waals surface area contributed by atoms with E-state index in [0.717, 1.165) is 55.5 Å². The predicted octanol–water partition coefficient (Wildman–Crippen LogP) is 8.70. The molecule has 1 fully saturated rings. The van der Waals surface area contributed by atoms with E-state index in [4.69, 9.17) is 9.47 Å². The van der Waals surface area contributed by atoms with Gasteiger partial charge in [0, 0.05) is 66.9 Å². The van der Waals surface area contributed by atoms with Crippen molar-refractivity contribution in [1.29, 1.82) is 0 Å². The second-order valence-electron chi connectivity index (χ2n) is 20.4. The average molecular weight is 1080 g/mol. The van der Waals surface area contributed by atoms with Gasteiger partial charge in [-0.25, -0.2) is 4.39 Å². The maximum atomic E-state index is 14.7. The number of rotatable bonds is 27. The summed E-state index contributed by atoms with van der Waals surface area (Å²) in [5, 5.41) is 44.7. The number of amides is 4. The van der Waals surface area contributed by atoms with Gasteiger partial charge in [-0.3, -0.25) is 34.0 Å². The maximum Gasteiger partial charge on any atom is 0.305 e. The zero-order valence-electron chi connectivity index (χ0n) is 44.7. The van der Waals surface area contributed by atoms with E-state index >= 15 is 0 Å². The molecule has 8 rings (SSSR count). The number of piperidine rings is 1. The van der Waals surface area contributed by atoms with Crippen molar-refractivity contribution in [2.75, 3.05) is 25.1 Å². The molecule has 3 unspecified atom stereocenters. The number of imide groups is 1. The smallest absolute Gasteiger partial charge is 0.305 e. The molecule has 2 aromatic heterocycles. The highest BCUT2D eigenvalue weighted by Crippen LogP contribution is 2.44. The number of aliphatic hydroxyl groups excluding tert-OH is 2. The fraction of sp³-hybridized carbons (Fsp3) is 0.393. The molecule has 17 nitrogen and oxygen atoms in total. The molecule has 4 aromatic carbocycles. The molecular formula is C61H68FN7O10. The molecule has 3 atom stereocenters. The van der Waals surface area contributed by atoms with Gasteiger partial charge in [0.1, 0.15) is 24.2 Å². The number of aromatic nitrogens is 4. The number of fused-ring (bicyclic) bond motifs is 1. The number of hydrogen-bond donors (Lipinski definition) is 5. The van der Waals surface area contributed by atoms with Gasteiger partial charge in [-0.05, 0) is 128 Å². The Balaban J connectivity index is 0.821. The fourth-order valence-electron chi connectivity index (χ4n) is 10.3. The minimum absolute atomic E-state index is 0.136. The molecular weight excluding hydrogens is 1010 g/mol. The largest absolute Gasteiger partial charge is 0.494 e. The van der Waals surface area contributed by atoms with Crippen LogP contribution in [0.2, 0.25) is 0 Å². The number of para-hydroxylation sites is 1. The lowest BCUT2D eigenvalue weighted by molar-refractivity contribution is -0.140. The molecule has 1 saturated heterocycles. The Morgan fingerprint density at radius 2 is 1.65 bits per heavy atom. The number of carbonyl (C=O) groups excluding carboxylic acids is 4. The Hall–Kier alpha value is -7.98. The van der Waals surface area contributed by atoms with Crippen LogP contribution >= 0.6 is 0 Å². The zero-order valence-corrected chi connectivity index (χ0v) is 44.7. The molecule has 0 aliphatic carbocycles. The standard InChI is InChI=1S/C61H68FN7O10/c1-40(2)57-56(60(76)63-45-18-7-6-8-19-45)55(58(42-23-25-44(62)26-24-42)68(57)31-29-47(70)36-48(71)37-54(73)74)43-16-11-21-49(35-43)79-34-14-20-46-38-67(66-65-46)30-9-4-3-5-10-32-78-33-13-17-41-15-12-22-50-51(41)39-69(61(50)77)52-27-28-53(72)64-59(52)75/h6-8,11-12,15-16,18-19,21-26,35,38,40,47-48,52,70-71H,3-5,9-10,14,20,27-34,36-37,39H2,1-2H3,(H,63,76)(H,73,74)(H,64,72,75). The van der Waals surface area contributed by atoms with Crippen molar-refractivity contribution in [2.24, 2.45) is 0 Å². The van der Waals surface area contributed by atoms with E-state index in [1.54, 1.807) is 36.4 Å². The highest BCUT2D eigenvalue weighted by Gasteiger charge is 2.40. The molecule has 2 aliphatic rings. The van der Waals surface area contributed by atoms with Crippen LogP contribution in [0.15, 0.2) is 103 Å². The lowest BCUT2D eigenvalue weighted by Crippen LogP contribution is -2.52. The topological polar surface area (TPSA) is 227 Å². The molecule has 0 bridgehead atoms. The fourth-order valence-corrected chi connectivity index (χ4v) is 10.3. The molecule has 6 aromatic rings. The molecule has 4 heterocycles. The molecule has 79 heavy (non-hydrogen) atoms. The van der Waals surface area contributed by atoms with E-state index in [0.29, 0.717) is 83.1 Å². The van der Waals surface area contributed by atoms with Crippen molar-refractivity contribution >= 4 is 35.3 Å². The van der Waals surface area contributed by atoms with Gasteiger partial charge in [0.25, 0.3) is 11.8 Å². The first-order valence-electron chi connectivity index (χ1n) is 27.2. The second kappa shape index (κ2) is 27.6.